The van der Waals surface area contributed by atoms with Gasteiger partial charge in [-0.05, 0) is 57.7 Å². The van der Waals surface area contributed by atoms with Crippen molar-refractivity contribution in [1.29, 1.82) is 0 Å². The second-order valence-electron chi connectivity index (χ2n) is 9.47. The maximum atomic E-state index is 13.3. The predicted molar refractivity (Wildman–Crippen MR) is 119 cm³/mol. The molecule has 2 heterocycles. The first-order chi connectivity index (χ1) is 17.2. The Balaban J connectivity index is 1.69. The summed E-state index contributed by atoms with van der Waals surface area (Å²) in [6.07, 6.45) is -9.93. The molecule has 1 unspecified atom stereocenters. The first-order valence-corrected chi connectivity index (χ1v) is 12.0. The van der Waals surface area contributed by atoms with Gasteiger partial charge < -0.3 is 19.5 Å². The molecule has 13 heteroatoms. The van der Waals surface area contributed by atoms with Crippen LogP contribution in [0.5, 0.6) is 5.75 Å². The Labute approximate surface area is 210 Å². The van der Waals surface area contributed by atoms with Gasteiger partial charge in [-0.1, -0.05) is 6.07 Å². The molecule has 0 radical (unpaired) electrons. The minimum atomic E-state index is -4.65. The summed E-state index contributed by atoms with van der Waals surface area (Å²) in [5, 5.41) is 8.78. The van der Waals surface area contributed by atoms with E-state index in [1.54, 1.807) is 0 Å². The largest absolute Gasteiger partial charge is 0.493 e. The normalized spacial score (nSPS) is 19.2. The molecule has 3 rings (SSSR count). The third-order valence-electron chi connectivity index (χ3n) is 6.98. The van der Waals surface area contributed by atoms with Crippen LogP contribution in [0.25, 0.3) is 0 Å². The highest BCUT2D eigenvalue weighted by atomic mass is 19.4. The van der Waals surface area contributed by atoms with Gasteiger partial charge in [-0.25, -0.2) is 4.79 Å². The van der Waals surface area contributed by atoms with Gasteiger partial charge in [0.05, 0.1) is 12.2 Å². The van der Waals surface area contributed by atoms with Crippen molar-refractivity contribution in [2.24, 2.45) is 0 Å². The molecule has 0 saturated carbocycles. The first kappa shape index (κ1) is 28.9. The summed E-state index contributed by atoms with van der Waals surface area (Å²) in [7, 11) is 0. The van der Waals surface area contributed by atoms with E-state index in [4.69, 9.17) is 9.84 Å². The van der Waals surface area contributed by atoms with Crippen molar-refractivity contribution in [2.45, 2.75) is 76.0 Å². The molecular weight excluding hydrogens is 510 g/mol. The van der Waals surface area contributed by atoms with E-state index in [9.17, 15) is 35.9 Å². The third-order valence-corrected chi connectivity index (χ3v) is 6.98. The number of likely N-dealkylation sites (tertiary alicyclic amines) is 2. The Morgan fingerprint density at radius 2 is 1.76 bits per heavy atom. The van der Waals surface area contributed by atoms with Gasteiger partial charge in [0.1, 0.15) is 5.75 Å². The standard InChI is InChI=1S/C24H30F6N2O5/c1-16(23(25,26)27)37-21(35)31-11-8-22(9-12-31)7-3-10-32(22)15-17-5-6-18(24(28,29)30)14-19(17)36-13-2-4-20(33)34/h5-6,14,16H,2-4,7-13,15H2,1H3,(H,33,34). The first-order valence-electron chi connectivity index (χ1n) is 12.0. The van der Waals surface area contributed by atoms with Crippen molar-refractivity contribution in [2.75, 3.05) is 26.2 Å². The fourth-order valence-corrected chi connectivity index (χ4v) is 4.81. The molecule has 1 aromatic carbocycles. The smallest absolute Gasteiger partial charge is 0.425 e. The van der Waals surface area contributed by atoms with Crippen LogP contribution < -0.4 is 4.74 Å². The molecule has 2 aliphatic heterocycles. The topological polar surface area (TPSA) is 79.3 Å². The van der Waals surface area contributed by atoms with Crippen LogP contribution in [-0.4, -0.2) is 71.0 Å². The number of hydrogen-bond donors (Lipinski definition) is 1. The summed E-state index contributed by atoms with van der Waals surface area (Å²) in [5.74, 6) is -1.00. The average Bonchev–Trinajstić information content (AvgIpc) is 3.17. The van der Waals surface area contributed by atoms with Crippen LogP contribution in [0.4, 0.5) is 31.1 Å². The summed E-state index contributed by atoms with van der Waals surface area (Å²) < 4.78 is 88.2. The summed E-state index contributed by atoms with van der Waals surface area (Å²) >= 11 is 0. The van der Waals surface area contributed by atoms with E-state index in [1.165, 1.54) is 11.0 Å². The van der Waals surface area contributed by atoms with Gasteiger partial charge >= 0.3 is 24.4 Å². The minimum Gasteiger partial charge on any atom is -0.493 e. The van der Waals surface area contributed by atoms with Crippen molar-refractivity contribution in [1.82, 2.24) is 9.80 Å². The Morgan fingerprint density at radius 1 is 1.08 bits per heavy atom. The Kier molecular flexibility index (Phi) is 8.86. The number of carbonyl (C=O) groups is 2. The fourth-order valence-electron chi connectivity index (χ4n) is 4.81. The molecule has 0 aromatic heterocycles. The second-order valence-corrected chi connectivity index (χ2v) is 9.47. The van der Waals surface area contributed by atoms with Gasteiger partial charge in [0.2, 0.25) is 0 Å². The maximum absolute atomic E-state index is 13.3. The van der Waals surface area contributed by atoms with E-state index < -0.39 is 36.1 Å². The molecule has 37 heavy (non-hydrogen) atoms. The summed E-state index contributed by atoms with van der Waals surface area (Å²) in [5.41, 5.74) is -0.707. The van der Waals surface area contributed by atoms with Crippen LogP contribution in [0.15, 0.2) is 18.2 Å². The van der Waals surface area contributed by atoms with Crippen molar-refractivity contribution in [3.8, 4) is 5.75 Å². The van der Waals surface area contributed by atoms with Crippen LogP contribution in [0.1, 0.15) is 56.6 Å². The molecule has 0 bridgehead atoms. The number of aliphatic carboxylic acids is 1. The van der Waals surface area contributed by atoms with E-state index in [0.29, 0.717) is 24.9 Å². The zero-order valence-electron chi connectivity index (χ0n) is 20.3. The number of rotatable bonds is 8. The lowest BCUT2D eigenvalue weighted by molar-refractivity contribution is -0.200. The lowest BCUT2D eigenvalue weighted by atomic mass is 9.85. The molecule has 1 aromatic rings. The van der Waals surface area contributed by atoms with Gasteiger partial charge in [0, 0.05) is 37.2 Å². The zero-order chi connectivity index (χ0) is 27.4. The number of ether oxygens (including phenoxy) is 2. The molecule has 7 nitrogen and oxygen atoms in total. The highest BCUT2D eigenvalue weighted by molar-refractivity contribution is 5.68. The van der Waals surface area contributed by atoms with Crippen LogP contribution in [0.3, 0.4) is 0 Å². The number of amides is 1. The third kappa shape index (κ3) is 7.42. The van der Waals surface area contributed by atoms with Crippen LogP contribution >= 0.6 is 0 Å². The summed E-state index contributed by atoms with van der Waals surface area (Å²) in [6, 6.07) is 3.24. The minimum absolute atomic E-state index is 0.0319. The number of carboxylic acids is 1. The lowest BCUT2D eigenvalue weighted by Gasteiger charge is -2.45. The molecule has 2 aliphatic rings. The predicted octanol–water partition coefficient (Wildman–Crippen LogP) is 5.47. The number of piperidine rings is 1. The number of hydrogen-bond acceptors (Lipinski definition) is 5. The second kappa shape index (κ2) is 11.4. The fraction of sp³-hybridized carbons (Fsp3) is 0.667. The highest BCUT2D eigenvalue weighted by Crippen LogP contribution is 2.41. The van der Waals surface area contributed by atoms with Crippen LogP contribution in [0.2, 0.25) is 0 Å². The van der Waals surface area contributed by atoms with E-state index in [-0.39, 0.29) is 50.4 Å². The van der Waals surface area contributed by atoms with E-state index in [1.807, 2.05) is 0 Å². The molecule has 0 aliphatic carbocycles. The number of alkyl halides is 6. The molecular formula is C24H30F6N2O5. The van der Waals surface area contributed by atoms with Crippen molar-refractivity contribution in [3.63, 3.8) is 0 Å². The van der Waals surface area contributed by atoms with Crippen molar-refractivity contribution in [3.05, 3.63) is 29.3 Å². The molecule has 1 amide bonds. The van der Waals surface area contributed by atoms with Gasteiger partial charge in [-0.2, -0.15) is 26.3 Å². The van der Waals surface area contributed by atoms with Crippen LogP contribution in [-0.2, 0) is 22.3 Å². The van der Waals surface area contributed by atoms with Crippen molar-refractivity contribution >= 4 is 12.1 Å². The van der Waals surface area contributed by atoms with Crippen molar-refractivity contribution < 1.29 is 50.5 Å². The van der Waals surface area contributed by atoms with E-state index >= 15 is 0 Å². The summed E-state index contributed by atoms with van der Waals surface area (Å²) in [6.45, 7) is 2.06. The number of halogens is 6. The monoisotopic (exact) mass is 540 g/mol. The Hall–Kier alpha value is -2.70. The molecule has 2 saturated heterocycles. The van der Waals surface area contributed by atoms with Gasteiger partial charge in [-0.15, -0.1) is 0 Å². The summed E-state index contributed by atoms with van der Waals surface area (Å²) in [4.78, 5) is 26.3. The lowest BCUT2D eigenvalue weighted by Crippen LogP contribution is -2.53. The molecule has 1 atom stereocenters. The van der Waals surface area contributed by atoms with Crippen LogP contribution in [0, 0.1) is 0 Å². The molecule has 1 spiro atoms. The number of nitrogens with zero attached hydrogens (tertiary/aromatic N) is 2. The molecule has 2 fully saturated rings. The zero-order valence-corrected chi connectivity index (χ0v) is 20.3. The van der Waals surface area contributed by atoms with Gasteiger partial charge in [0.25, 0.3) is 0 Å². The number of carbonyl (C=O) groups excluding carboxylic acids is 1. The Morgan fingerprint density at radius 3 is 2.35 bits per heavy atom. The Bertz CT molecular complexity index is 960. The number of carboxylic acid groups (broad SMARTS) is 1. The van der Waals surface area contributed by atoms with E-state index in [2.05, 4.69) is 9.64 Å². The maximum Gasteiger partial charge on any atom is 0.425 e. The van der Waals surface area contributed by atoms with E-state index in [0.717, 1.165) is 31.9 Å². The van der Waals surface area contributed by atoms with Gasteiger partial charge in [0.15, 0.2) is 6.10 Å². The van der Waals surface area contributed by atoms with Gasteiger partial charge in [-0.3, -0.25) is 9.69 Å². The molecule has 208 valence electrons. The average molecular weight is 541 g/mol. The molecule has 1 N–H and O–H groups in total. The quantitative estimate of drug-likeness (QED) is 0.348. The number of benzene rings is 1. The SMILES string of the molecule is CC(OC(=O)N1CCC2(CCCN2Cc2ccc(C(F)(F)F)cc2OCCCC(=O)O)CC1)C(F)(F)F. The highest BCUT2D eigenvalue weighted by Gasteiger charge is 2.45.